The molecule has 0 radical (unpaired) electrons. The molecule has 0 bridgehead atoms. The molecule has 0 aromatic rings. The van der Waals surface area contributed by atoms with Crippen LogP contribution in [0.25, 0.3) is 0 Å². The number of hydrogen-bond acceptors (Lipinski definition) is 5. The lowest BCUT2D eigenvalue weighted by molar-refractivity contribution is -0.121. The van der Waals surface area contributed by atoms with Crippen LogP contribution in [0.2, 0.25) is 0 Å². The van der Waals surface area contributed by atoms with Crippen LogP contribution in [-0.2, 0) is 14.4 Å². The molecule has 2 rings (SSSR count). The topological polar surface area (TPSA) is 65.6 Å². The van der Waals surface area contributed by atoms with Gasteiger partial charge in [0.15, 0.2) is 0 Å². The van der Waals surface area contributed by atoms with E-state index >= 15 is 0 Å². The largest absolute Gasteiger partial charge is 0.691 e. The molecule has 0 spiro atoms. The molecule has 0 amide bonds. The number of ketones is 1. The van der Waals surface area contributed by atoms with Gasteiger partial charge in [-0.1, -0.05) is 0 Å². The molecule has 0 aromatic heterocycles. The molecule has 2 aliphatic heterocycles. The fraction of sp³-hybridized carbons (Fsp3) is 0.833. The van der Waals surface area contributed by atoms with E-state index in [4.69, 9.17) is 5.02 Å². The SMILES string of the molecule is CN1CCC(=O)CC1.OB1OO1. The summed E-state index contributed by atoms with van der Waals surface area (Å²) in [5.74, 6) is 0.420. The Bertz CT molecular complexity index is 152. The lowest BCUT2D eigenvalue weighted by Crippen LogP contribution is -2.29. The van der Waals surface area contributed by atoms with Crippen LogP contribution in [0.3, 0.4) is 0 Å². The zero-order valence-electron chi connectivity index (χ0n) is 7.02. The second kappa shape index (κ2) is 4.56. The van der Waals surface area contributed by atoms with Crippen LogP contribution in [-0.4, -0.2) is 43.2 Å². The van der Waals surface area contributed by atoms with Crippen molar-refractivity contribution in [3.63, 3.8) is 0 Å². The second-order valence-corrected chi connectivity index (χ2v) is 2.84. The zero-order valence-corrected chi connectivity index (χ0v) is 7.02. The molecule has 2 fully saturated rings. The monoisotopic (exact) mass is 173 g/mol. The maximum Gasteiger partial charge on any atom is 0.691 e. The molecular formula is C6H12BNO4. The minimum Gasteiger partial charge on any atom is -0.399 e. The van der Waals surface area contributed by atoms with Crippen molar-refractivity contribution >= 4 is 13.1 Å². The molecule has 6 heteroatoms. The number of Topliss-reactive ketones (excluding diaryl/α,β-unsaturated/α-hetero) is 1. The normalized spacial score (nSPS) is 23.2. The van der Waals surface area contributed by atoms with E-state index in [1.165, 1.54) is 0 Å². The Labute approximate surface area is 71.4 Å². The van der Waals surface area contributed by atoms with Gasteiger partial charge in [0, 0.05) is 25.9 Å². The van der Waals surface area contributed by atoms with Gasteiger partial charge in [0.05, 0.1) is 0 Å². The molecule has 0 saturated carbocycles. The Morgan fingerprint density at radius 2 is 1.83 bits per heavy atom. The van der Waals surface area contributed by atoms with E-state index in [1.807, 2.05) is 7.05 Å². The molecule has 2 heterocycles. The summed E-state index contributed by atoms with van der Waals surface area (Å²) in [4.78, 5) is 20.3. The molecule has 0 aliphatic carbocycles. The summed E-state index contributed by atoms with van der Waals surface area (Å²) >= 11 is 0. The van der Waals surface area contributed by atoms with E-state index < -0.39 is 7.32 Å². The highest BCUT2D eigenvalue weighted by molar-refractivity contribution is 6.40. The van der Waals surface area contributed by atoms with Crippen LogP contribution in [0.1, 0.15) is 12.8 Å². The van der Waals surface area contributed by atoms with Crippen molar-refractivity contribution in [1.82, 2.24) is 4.90 Å². The van der Waals surface area contributed by atoms with Gasteiger partial charge in [0.1, 0.15) is 5.78 Å². The fourth-order valence-electron chi connectivity index (χ4n) is 0.893. The van der Waals surface area contributed by atoms with Gasteiger partial charge in [-0.3, -0.25) is 4.79 Å². The minimum absolute atomic E-state index is 0.420. The quantitative estimate of drug-likeness (QED) is 0.295. The molecule has 1 N–H and O–H groups in total. The first-order valence-corrected chi connectivity index (χ1v) is 3.89. The molecule has 12 heavy (non-hydrogen) atoms. The molecule has 2 aliphatic rings. The van der Waals surface area contributed by atoms with Gasteiger partial charge in [-0.15, -0.1) is 0 Å². The Kier molecular flexibility index (Phi) is 3.67. The third-order valence-electron chi connectivity index (χ3n) is 1.73. The molecule has 68 valence electrons. The highest BCUT2D eigenvalue weighted by Gasteiger charge is 2.33. The van der Waals surface area contributed by atoms with Crippen molar-refractivity contribution in [2.24, 2.45) is 0 Å². The molecule has 0 atom stereocenters. The number of piperidine rings is 1. The Morgan fingerprint density at radius 3 is 2.08 bits per heavy atom. The zero-order chi connectivity index (χ0) is 8.97. The summed E-state index contributed by atoms with van der Waals surface area (Å²) in [6.45, 7) is 1.91. The first-order valence-electron chi connectivity index (χ1n) is 3.89. The van der Waals surface area contributed by atoms with Gasteiger partial charge in [-0.05, 0) is 7.05 Å². The van der Waals surface area contributed by atoms with Crippen molar-refractivity contribution in [3.05, 3.63) is 0 Å². The summed E-state index contributed by atoms with van der Waals surface area (Å²) in [6, 6.07) is 0. The predicted octanol–water partition coefficient (Wildman–Crippen LogP) is -0.793. The van der Waals surface area contributed by atoms with Crippen molar-refractivity contribution in [2.45, 2.75) is 12.8 Å². The predicted molar refractivity (Wildman–Crippen MR) is 41.9 cm³/mol. The average molecular weight is 173 g/mol. The summed E-state index contributed by atoms with van der Waals surface area (Å²) < 4.78 is 0. The fourth-order valence-corrected chi connectivity index (χ4v) is 0.893. The van der Waals surface area contributed by atoms with E-state index in [1.54, 1.807) is 0 Å². The molecule has 2 saturated heterocycles. The van der Waals surface area contributed by atoms with Crippen molar-refractivity contribution in [1.29, 1.82) is 0 Å². The Balaban J connectivity index is 0.000000150. The van der Waals surface area contributed by atoms with Gasteiger partial charge in [0.25, 0.3) is 0 Å². The molecule has 0 unspecified atom stereocenters. The number of hydrogen-bond donors (Lipinski definition) is 1. The second-order valence-electron chi connectivity index (χ2n) is 2.84. The third-order valence-corrected chi connectivity index (χ3v) is 1.73. The van der Waals surface area contributed by atoms with Crippen LogP contribution in [0.15, 0.2) is 0 Å². The number of carbonyl (C=O) groups excluding carboxylic acids is 1. The van der Waals surface area contributed by atoms with Crippen molar-refractivity contribution < 1.29 is 19.4 Å². The molecule has 5 nitrogen and oxygen atoms in total. The number of nitrogens with zero attached hydrogens (tertiary/aromatic N) is 1. The van der Waals surface area contributed by atoms with Gasteiger partial charge >= 0.3 is 7.32 Å². The highest BCUT2D eigenvalue weighted by Crippen LogP contribution is 2.01. The number of carbonyl (C=O) groups is 1. The van der Waals surface area contributed by atoms with E-state index in [-0.39, 0.29) is 0 Å². The minimum atomic E-state index is -0.917. The third kappa shape index (κ3) is 4.45. The van der Waals surface area contributed by atoms with Crippen molar-refractivity contribution in [3.8, 4) is 0 Å². The van der Waals surface area contributed by atoms with E-state index in [9.17, 15) is 4.79 Å². The van der Waals surface area contributed by atoms with Gasteiger partial charge in [0.2, 0.25) is 0 Å². The maximum absolute atomic E-state index is 10.6. The molecule has 0 aromatic carbocycles. The summed E-state index contributed by atoms with van der Waals surface area (Å²) in [5.41, 5.74) is 0. The van der Waals surface area contributed by atoms with Gasteiger partial charge in [-0.2, -0.15) is 0 Å². The highest BCUT2D eigenvalue weighted by atomic mass is 17.3. The van der Waals surface area contributed by atoms with Gasteiger partial charge < -0.3 is 9.92 Å². The van der Waals surface area contributed by atoms with Crippen molar-refractivity contribution in [2.75, 3.05) is 20.1 Å². The smallest absolute Gasteiger partial charge is 0.399 e. The van der Waals surface area contributed by atoms with Crippen LogP contribution in [0, 0.1) is 0 Å². The first kappa shape index (κ1) is 9.66. The summed E-state index contributed by atoms with van der Waals surface area (Å²) in [7, 11) is 1.13. The number of rotatable bonds is 0. The van der Waals surface area contributed by atoms with Crippen LogP contribution in [0.5, 0.6) is 0 Å². The van der Waals surface area contributed by atoms with E-state index in [2.05, 4.69) is 14.5 Å². The van der Waals surface area contributed by atoms with Gasteiger partial charge in [-0.25, -0.2) is 9.61 Å². The van der Waals surface area contributed by atoms with Crippen LogP contribution in [0.4, 0.5) is 0 Å². The van der Waals surface area contributed by atoms with E-state index in [0.29, 0.717) is 5.78 Å². The summed E-state index contributed by atoms with van der Waals surface area (Å²) in [5, 5.41) is 7.72. The lowest BCUT2D eigenvalue weighted by Gasteiger charge is -2.19. The molecular weight excluding hydrogens is 161 g/mol. The Morgan fingerprint density at radius 1 is 1.42 bits per heavy atom. The first-order chi connectivity index (χ1) is 5.68. The standard InChI is InChI=1S/C6H11NO.BHO3/c1-7-4-2-6(8)3-5-7;2-1-3-4-1/h2-5H2,1H3;2H. The lowest BCUT2D eigenvalue weighted by atomic mass is 10.1. The van der Waals surface area contributed by atoms with Crippen LogP contribution < -0.4 is 0 Å². The van der Waals surface area contributed by atoms with Crippen LogP contribution >= 0.6 is 0 Å². The maximum atomic E-state index is 10.6. The van der Waals surface area contributed by atoms with E-state index in [0.717, 1.165) is 25.9 Å². The Hall–Kier alpha value is -0.425. The number of likely N-dealkylation sites (tertiary alicyclic amines) is 1. The average Bonchev–Trinajstić information content (AvgIpc) is 2.80. The summed E-state index contributed by atoms with van der Waals surface area (Å²) in [6.07, 6.45) is 1.52.